The van der Waals surface area contributed by atoms with Crippen LogP contribution in [0, 0.1) is 12.7 Å². The molecule has 0 saturated heterocycles. The highest BCUT2D eigenvalue weighted by molar-refractivity contribution is 7.21. The van der Waals surface area contributed by atoms with Crippen molar-refractivity contribution in [2.75, 3.05) is 7.11 Å². The highest BCUT2D eigenvalue weighted by Gasteiger charge is 2.22. The summed E-state index contributed by atoms with van der Waals surface area (Å²) in [5.41, 5.74) is 2.47. The van der Waals surface area contributed by atoms with Crippen LogP contribution >= 0.6 is 22.9 Å². The highest BCUT2D eigenvalue weighted by Crippen LogP contribution is 2.35. The number of rotatable bonds is 6. The van der Waals surface area contributed by atoms with Gasteiger partial charge in [0.25, 0.3) is 5.88 Å². The summed E-state index contributed by atoms with van der Waals surface area (Å²) in [6.07, 6.45) is 0.174. The normalized spacial score (nSPS) is 13.2. The lowest BCUT2D eigenvalue weighted by molar-refractivity contribution is 0.0433. The molecule has 0 aliphatic rings. The van der Waals surface area contributed by atoms with Crippen molar-refractivity contribution in [1.82, 2.24) is 19.9 Å². The SMILES string of the molecule is COc1cnc2c(-c3nc4cc(F)c(O[C@@H](C)[C@@H](C)OC(=O)Cl)nc4s3)cc(C)cc2n1. The van der Waals surface area contributed by atoms with Crippen molar-refractivity contribution in [3.05, 3.63) is 35.8 Å². The second-order valence-electron chi connectivity index (χ2n) is 7.09. The van der Waals surface area contributed by atoms with E-state index in [0.29, 0.717) is 32.3 Å². The van der Waals surface area contributed by atoms with Crippen LogP contribution in [0.25, 0.3) is 32.0 Å². The first-order chi connectivity index (χ1) is 15.2. The molecule has 0 N–H and O–H groups in total. The highest BCUT2D eigenvalue weighted by atomic mass is 35.5. The molecular formula is C21H18ClFN4O4S. The molecule has 0 spiro atoms. The number of carbonyl (C=O) groups is 1. The van der Waals surface area contributed by atoms with E-state index in [9.17, 15) is 9.18 Å². The first-order valence-corrected chi connectivity index (χ1v) is 10.8. The Balaban J connectivity index is 1.73. The van der Waals surface area contributed by atoms with Crippen molar-refractivity contribution in [3.63, 3.8) is 0 Å². The van der Waals surface area contributed by atoms with E-state index < -0.39 is 23.5 Å². The fraction of sp³-hybridized carbons (Fsp3) is 0.286. The molecule has 0 aliphatic heterocycles. The average Bonchev–Trinajstić information content (AvgIpc) is 3.14. The standard InChI is InChI=1S/C21H18ClFN4O4S/c1-9-5-12(17-14(6-9)25-16(29-4)8-24-17)19-26-15-7-13(23)18(27-20(15)32-19)30-10(2)11(3)31-21(22)28/h5-8,10-11H,1-4H3/t10-,11+/m0/s1. The number of pyridine rings is 1. The predicted octanol–water partition coefficient (Wildman–Crippen LogP) is 5.29. The Morgan fingerprint density at radius 1 is 1.12 bits per heavy atom. The summed E-state index contributed by atoms with van der Waals surface area (Å²) in [5.74, 6) is -0.479. The van der Waals surface area contributed by atoms with Crippen LogP contribution in [-0.2, 0) is 4.74 Å². The van der Waals surface area contributed by atoms with Gasteiger partial charge in [-0.15, -0.1) is 0 Å². The zero-order chi connectivity index (χ0) is 23.0. The molecule has 3 heterocycles. The van der Waals surface area contributed by atoms with Crippen molar-refractivity contribution >= 4 is 49.7 Å². The smallest absolute Gasteiger partial charge is 0.404 e. The van der Waals surface area contributed by atoms with E-state index in [1.807, 2.05) is 19.1 Å². The van der Waals surface area contributed by atoms with Gasteiger partial charge in [0, 0.05) is 23.2 Å². The Kier molecular flexibility index (Phi) is 6.07. The minimum atomic E-state index is -0.963. The molecule has 0 saturated carbocycles. The summed E-state index contributed by atoms with van der Waals surface area (Å²) in [6, 6.07) is 5.11. The third-order valence-electron chi connectivity index (χ3n) is 4.75. The van der Waals surface area contributed by atoms with Gasteiger partial charge in [-0.2, -0.15) is 4.98 Å². The fourth-order valence-corrected chi connectivity index (χ4v) is 4.12. The van der Waals surface area contributed by atoms with Gasteiger partial charge in [-0.05, 0) is 38.5 Å². The van der Waals surface area contributed by atoms with Crippen LogP contribution in [0.2, 0.25) is 0 Å². The molecule has 1 aromatic carbocycles. The number of aromatic nitrogens is 4. The van der Waals surface area contributed by atoms with Crippen LogP contribution in [0.1, 0.15) is 19.4 Å². The number of benzene rings is 1. The molecule has 11 heteroatoms. The second kappa shape index (κ2) is 8.79. The lowest BCUT2D eigenvalue weighted by Crippen LogP contribution is -2.30. The van der Waals surface area contributed by atoms with Gasteiger partial charge in [-0.1, -0.05) is 11.3 Å². The van der Waals surface area contributed by atoms with Gasteiger partial charge in [0.1, 0.15) is 27.6 Å². The molecule has 8 nitrogen and oxygen atoms in total. The molecule has 3 aromatic heterocycles. The number of aryl methyl sites for hydroxylation is 1. The Hall–Kier alpha value is -3.11. The Bertz CT molecular complexity index is 1330. The molecular weight excluding hydrogens is 459 g/mol. The molecule has 32 heavy (non-hydrogen) atoms. The lowest BCUT2D eigenvalue weighted by Gasteiger charge is -2.20. The second-order valence-corrected chi connectivity index (χ2v) is 8.38. The van der Waals surface area contributed by atoms with E-state index in [2.05, 4.69) is 19.9 Å². The minimum Gasteiger partial charge on any atom is -0.480 e. The van der Waals surface area contributed by atoms with Crippen LogP contribution in [0.3, 0.4) is 0 Å². The van der Waals surface area contributed by atoms with Crippen LogP contribution in [-0.4, -0.2) is 44.7 Å². The zero-order valence-electron chi connectivity index (χ0n) is 17.6. The monoisotopic (exact) mass is 476 g/mol. The van der Waals surface area contributed by atoms with Crippen LogP contribution in [0.15, 0.2) is 24.4 Å². The number of hydrogen-bond donors (Lipinski definition) is 0. The number of ether oxygens (including phenoxy) is 3. The van der Waals surface area contributed by atoms with Gasteiger partial charge in [-0.3, -0.25) is 0 Å². The van der Waals surface area contributed by atoms with E-state index in [1.165, 1.54) is 30.7 Å². The molecule has 166 valence electrons. The third kappa shape index (κ3) is 4.42. The molecule has 4 rings (SSSR count). The number of halogens is 2. The summed E-state index contributed by atoms with van der Waals surface area (Å²) in [4.78, 5) is 29.1. The van der Waals surface area contributed by atoms with Crippen LogP contribution < -0.4 is 9.47 Å². The van der Waals surface area contributed by atoms with Crippen molar-refractivity contribution in [1.29, 1.82) is 0 Å². The van der Waals surface area contributed by atoms with Crippen molar-refractivity contribution in [2.24, 2.45) is 0 Å². The number of hydrogen-bond acceptors (Lipinski definition) is 9. The van der Waals surface area contributed by atoms with Crippen LogP contribution in [0.5, 0.6) is 11.8 Å². The largest absolute Gasteiger partial charge is 0.480 e. The molecule has 0 radical (unpaired) electrons. The average molecular weight is 477 g/mol. The Morgan fingerprint density at radius 2 is 1.91 bits per heavy atom. The Labute approximate surface area is 191 Å². The molecule has 0 bridgehead atoms. The number of thiazole rings is 1. The number of fused-ring (bicyclic) bond motifs is 2. The first kappa shape index (κ1) is 22.1. The molecule has 4 aromatic rings. The quantitative estimate of drug-likeness (QED) is 0.346. The number of nitrogens with zero attached hydrogens (tertiary/aromatic N) is 4. The fourth-order valence-electron chi connectivity index (χ4n) is 3.05. The molecule has 0 fully saturated rings. The summed E-state index contributed by atoms with van der Waals surface area (Å²) in [5, 5.41) is 0.620. The van der Waals surface area contributed by atoms with E-state index in [1.54, 1.807) is 13.8 Å². The summed E-state index contributed by atoms with van der Waals surface area (Å²) in [6.45, 7) is 5.16. The van der Waals surface area contributed by atoms with Crippen molar-refractivity contribution in [3.8, 4) is 22.3 Å². The molecule has 0 unspecified atom stereocenters. The topological polar surface area (TPSA) is 96.3 Å². The number of carbonyl (C=O) groups excluding carboxylic acids is 1. The van der Waals surface area contributed by atoms with Gasteiger partial charge >= 0.3 is 5.43 Å². The molecule has 0 amide bonds. The van der Waals surface area contributed by atoms with E-state index in [4.69, 9.17) is 25.8 Å². The maximum Gasteiger partial charge on any atom is 0.404 e. The van der Waals surface area contributed by atoms with Crippen molar-refractivity contribution < 1.29 is 23.4 Å². The molecule has 2 atom stereocenters. The van der Waals surface area contributed by atoms with Gasteiger partial charge in [0.2, 0.25) is 5.88 Å². The zero-order valence-corrected chi connectivity index (χ0v) is 19.1. The maximum atomic E-state index is 14.6. The van der Waals surface area contributed by atoms with E-state index in [0.717, 1.165) is 11.1 Å². The van der Waals surface area contributed by atoms with Gasteiger partial charge in [0.15, 0.2) is 5.82 Å². The minimum absolute atomic E-state index is 0.212. The van der Waals surface area contributed by atoms with E-state index in [-0.39, 0.29) is 5.88 Å². The summed E-state index contributed by atoms with van der Waals surface area (Å²) in [7, 11) is 1.53. The lowest BCUT2D eigenvalue weighted by atomic mass is 10.1. The van der Waals surface area contributed by atoms with Gasteiger partial charge in [0.05, 0.1) is 24.3 Å². The van der Waals surface area contributed by atoms with Crippen molar-refractivity contribution in [2.45, 2.75) is 33.0 Å². The number of methoxy groups -OCH3 is 1. The third-order valence-corrected chi connectivity index (χ3v) is 5.84. The van der Waals surface area contributed by atoms with Crippen LogP contribution in [0.4, 0.5) is 9.18 Å². The van der Waals surface area contributed by atoms with Gasteiger partial charge in [-0.25, -0.2) is 24.1 Å². The molecule has 0 aliphatic carbocycles. The predicted molar refractivity (Wildman–Crippen MR) is 119 cm³/mol. The summed E-state index contributed by atoms with van der Waals surface area (Å²) >= 11 is 6.51. The Morgan fingerprint density at radius 3 is 2.62 bits per heavy atom. The maximum absolute atomic E-state index is 14.6. The summed E-state index contributed by atoms with van der Waals surface area (Å²) < 4.78 is 30.2. The van der Waals surface area contributed by atoms with Gasteiger partial charge < -0.3 is 14.2 Å². The van der Waals surface area contributed by atoms with E-state index >= 15 is 0 Å². The first-order valence-electron chi connectivity index (χ1n) is 9.56.